The minimum absolute atomic E-state index is 0.00116. The summed E-state index contributed by atoms with van der Waals surface area (Å²) in [7, 11) is 1.25. The normalized spacial score (nSPS) is 12.4. The van der Waals surface area contributed by atoms with Gasteiger partial charge in [0.15, 0.2) is 0 Å². The molecule has 1 unspecified atom stereocenters. The predicted octanol–water partition coefficient (Wildman–Crippen LogP) is 1.38. The first kappa shape index (κ1) is 19.2. The van der Waals surface area contributed by atoms with Crippen LogP contribution in [-0.4, -0.2) is 48.9 Å². The highest BCUT2D eigenvalue weighted by atomic mass is 16.6. The van der Waals surface area contributed by atoms with Crippen LogP contribution in [0.1, 0.15) is 13.8 Å². The number of hydrogen-bond acceptors (Lipinski definition) is 8. The fraction of sp³-hybridized carbons (Fsp3) is 0.400. The van der Waals surface area contributed by atoms with E-state index in [-0.39, 0.29) is 30.2 Å². The number of hydrogen-bond donors (Lipinski definition) is 1. The summed E-state index contributed by atoms with van der Waals surface area (Å²) in [4.78, 5) is 37.7. The molecule has 0 aliphatic rings. The quantitative estimate of drug-likeness (QED) is 0.329. The third-order valence-corrected chi connectivity index (χ3v) is 2.97. The molecular weight excluding hydrogens is 318 g/mol. The minimum Gasteiger partial charge on any atom is -0.468 e. The molecule has 9 nitrogen and oxygen atoms in total. The van der Waals surface area contributed by atoms with Gasteiger partial charge in [0.05, 0.1) is 36.9 Å². The van der Waals surface area contributed by atoms with E-state index in [1.165, 1.54) is 31.4 Å². The molecule has 0 radical (unpaired) electrons. The lowest BCUT2D eigenvalue weighted by Gasteiger charge is -2.15. The number of methoxy groups -OCH3 is 1. The topological polar surface area (TPSA) is 120 Å². The van der Waals surface area contributed by atoms with Crippen molar-refractivity contribution in [2.24, 2.45) is 4.99 Å². The van der Waals surface area contributed by atoms with Crippen LogP contribution in [0.2, 0.25) is 0 Å². The smallest absolute Gasteiger partial charge is 0.354 e. The van der Waals surface area contributed by atoms with Crippen molar-refractivity contribution in [3.05, 3.63) is 34.4 Å². The number of nitrogens with zero attached hydrogens (tertiary/aromatic N) is 2. The van der Waals surface area contributed by atoms with Gasteiger partial charge in [0.2, 0.25) is 0 Å². The number of benzene rings is 1. The second kappa shape index (κ2) is 9.36. The van der Waals surface area contributed by atoms with Crippen molar-refractivity contribution in [1.29, 1.82) is 0 Å². The van der Waals surface area contributed by atoms with Gasteiger partial charge in [-0.15, -0.1) is 0 Å². The maximum Gasteiger partial charge on any atom is 0.354 e. The fourth-order valence-corrected chi connectivity index (χ4v) is 1.74. The Hall–Kier alpha value is -2.81. The molecule has 130 valence electrons. The summed E-state index contributed by atoms with van der Waals surface area (Å²) < 4.78 is 9.46. The molecule has 1 aromatic rings. The monoisotopic (exact) mass is 337 g/mol. The molecule has 9 heteroatoms. The van der Waals surface area contributed by atoms with Gasteiger partial charge in [-0.3, -0.25) is 20.2 Å². The maximum atomic E-state index is 12.1. The summed E-state index contributed by atoms with van der Waals surface area (Å²) >= 11 is 0. The molecule has 0 heterocycles. The van der Waals surface area contributed by atoms with Crippen molar-refractivity contribution in [3.8, 4) is 0 Å². The van der Waals surface area contributed by atoms with Gasteiger partial charge in [-0.05, 0) is 19.9 Å². The largest absolute Gasteiger partial charge is 0.468 e. The van der Waals surface area contributed by atoms with Gasteiger partial charge in [-0.1, -0.05) is 6.07 Å². The molecule has 0 fully saturated rings. The zero-order chi connectivity index (χ0) is 18.1. The number of ether oxygens (including phenoxy) is 2. The molecule has 0 bridgehead atoms. The van der Waals surface area contributed by atoms with Gasteiger partial charge in [-0.2, -0.15) is 0 Å². The lowest BCUT2D eigenvalue weighted by molar-refractivity contribution is -0.384. The molecule has 1 rings (SSSR count). The fourth-order valence-electron chi connectivity index (χ4n) is 1.74. The van der Waals surface area contributed by atoms with Crippen molar-refractivity contribution < 1.29 is 24.0 Å². The van der Waals surface area contributed by atoms with E-state index in [9.17, 15) is 19.7 Å². The third kappa shape index (κ3) is 5.76. The van der Waals surface area contributed by atoms with Crippen LogP contribution in [0, 0.1) is 10.1 Å². The zero-order valence-corrected chi connectivity index (χ0v) is 13.6. The molecule has 1 N–H and O–H groups in total. The van der Waals surface area contributed by atoms with Crippen LogP contribution in [0.15, 0.2) is 29.3 Å². The molecule has 0 amide bonds. The number of aliphatic imine (C=N–C) groups is 1. The minimum atomic E-state index is -0.672. The van der Waals surface area contributed by atoms with Crippen molar-refractivity contribution in [2.75, 3.05) is 20.3 Å². The average molecular weight is 337 g/mol. The highest BCUT2D eigenvalue weighted by molar-refractivity contribution is 6.39. The number of carbonyl (C=O) groups is 2. The number of esters is 2. The van der Waals surface area contributed by atoms with E-state index in [0.717, 1.165) is 0 Å². The van der Waals surface area contributed by atoms with Crippen LogP contribution in [0.4, 0.5) is 11.4 Å². The predicted molar refractivity (Wildman–Crippen MR) is 86.3 cm³/mol. The number of non-ortho nitro benzene ring substituents is 1. The van der Waals surface area contributed by atoms with Crippen LogP contribution in [0.5, 0.6) is 0 Å². The summed E-state index contributed by atoms with van der Waals surface area (Å²) in [6, 6.07) is 4.93. The molecule has 0 spiro atoms. The number of nitro benzene ring substituents is 1. The van der Waals surface area contributed by atoms with Crippen LogP contribution in [0.3, 0.4) is 0 Å². The Kier molecular flexibility index (Phi) is 7.50. The lowest BCUT2D eigenvalue weighted by atomic mass is 10.2. The SMILES string of the molecule is CCOC(=O)C(=Nc1cccc([N+](=O)[O-])c1)C(C)NCC(=O)OC. The number of carbonyl (C=O) groups excluding carboxylic acids is 2. The van der Waals surface area contributed by atoms with E-state index in [2.05, 4.69) is 15.0 Å². The summed E-state index contributed by atoms with van der Waals surface area (Å²) in [6.07, 6.45) is 0. The second-order valence-electron chi connectivity index (χ2n) is 4.67. The van der Waals surface area contributed by atoms with Gasteiger partial charge >= 0.3 is 11.9 Å². The molecule has 0 aliphatic heterocycles. The molecule has 0 saturated carbocycles. The Morgan fingerprint density at radius 1 is 1.42 bits per heavy atom. The second-order valence-corrected chi connectivity index (χ2v) is 4.67. The van der Waals surface area contributed by atoms with Gasteiger partial charge in [0.25, 0.3) is 5.69 Å². The Balaban J connectivity index is 3.08. The van der Waals surface area contributed by atoms with E-state index >= 15 is 0 Å². The molecule has 0 saturated heterocycles. The highest BCUT2D eigenvalue weighted by Gasteiger charge is 2.21. The Morgan fingerprint density at radius 3 is 2.71 bits per heavy atom. The number of nitrogens with one attached hydrogen (secondary N) is 1. The molecule has 1 atom stereocenters. The summed E-state index contributed by atoms with van der Waals surface area (Å²) in [5.41, 5.74) is 0.0925. The van der Waals surface area contributed by atoms with Crippen molar-refractivity contribution in [2.45, 2.75) is 19.9 Å². The van der Waals surface area contributed by atoms with Crippen LogP contribution < -0.4 is 5.32 Å². The van der Waals surface area contributed by atoms with E-state index in [4.69, 9.17) is 4.74 Å². The van der Waals surface area contributed by atoms with Crippen molar-refractivity contribution in [1.82, 2.24) is 5.32 Å². The number of rotatable bonds is 8. The third-order valence-electron chi connectivity index (χ3n) is 2.97. The van der Waals surface area contributed by atoms with Gasteiger partial charge in [-0.25, -0.2) is 9.79 Å². The molecule has 1 aromatic carbocycles. The van der Waals surface area contributed by atoms with E-state index in [1.807, 2.05) is 0 Å². The van der Waals surface area contributed by atoms with Crippen molar-refractivity contribution in [3.63, 3.8) is 0 Å². The van der Waals surface area contributed by atoms with E-state index in [0.29, 0.717) is 0 Å². The van der Waals surface area contributed by atoms with Crippen LogP contribution >= 0.6 is 0 Å². The first-order chi connectivity index (χ1) is 11.4. The summed E-state index contributed by atoms with van der Waals surface area (Å²) in [5.74, 6) is -1.17. The van der Waals surface area contributed by atoms with Gasteiger partial charge < -0.3 is 9.47 Å². The van der Waals surface area contributed by atoms with E-state index < -0.39 is 22.9 Å². The first-order valence-electron chi connectivity index (χ1n) is 7.19. The summed E-state index contributed by atoms with van der Waals surface area (Å²) in [6.45, 7) is 3.30. The molecule has 0 aliphatic carbocycles. The zero-order valence-electron chi connectivity index (χ0n) is 13.6. The Labute approximate surface area is 138 Å². The average Bonchev–Trinajstić information content (AvgIpc) is 2.57. The Morgan fingerprint density at radius 2 is 2.12 bits per heavy atom. The highest BCUT2D eigenvalue weighted by Crippen LogP contribution is 2.20. The maximum absolute atomic E-state index is 12.1. The standard InChI is InChI=1S/C15H19N3O6/c1-4-24-15(20)14(10(2)16-9-13(19)23-3)17-11-6-5-7-12(8-11)18(21)22/h5-8,10,16H,4,9H2,1-3H3. The van der Waals surface area contributed by atoms with Gasteiger partial charge in [0, 0.05) is 12.1 Å². The Bertz CT molecular complexity index is 644. The van der Waals surface area contributed by atoms with Crippen molar-refractivity contribution >= 4 is 29.0 Å². The number of nitro groups is 1. The van der Waals surface area contributed by atoms with Crippen LogP contribution in [0.25, 0.3) is 0 Å². The molecule has 0 aromatic heterocycles. The first-order valence-corrected chi connectivity index (χ1v) is 7.19. The molecule has 24 heavy (non-hydrogen) atoms. The van der Waals surface area contributed by atoms with E-state index in [1.54, 1.807) is 13.8 Å². The summed E-state index contributed by atoms with van der Waals surface area (Å²) in [5, 5.41) is 13.6. The van der Waals surface area contributed by atoms with Crippen LogP contribution in [-0.2, 0) is 19.1 Å². The molecular formula is C15H19N3O6. The lowest BCUT2D eigenvalue weighted by Crippen LogP contribution is -2.41. The van der Waals surface area contributed by atoms with Gasteiger partial charge in [0.1, 0.15) is 5.71 Å².